The van der Waals surface area contributed by atoms with Crippen molar-refractivity contribution in [2.24, 2.45) is 0 Å². The lowest BCUT2D eigenvalue weighted by atomic mass is 10.1. The predicted molar refractivity (Wildman–Crippen MR) is 75.2 cm³/mol. The molecule has 19 heavy (non-hydrogen) atoms. The van der Waals surface area contributed by atoms with Gasteiger partial charge in [0.15, 0.2) is 0 Å². The van der Waals surface area contributed by atoms with Crippen LogP contribution in [0, 0.1) is 19.7 Å². The summed E-state index contributed by atoms with van der Waals surface area (Å²) in [4.78, 5) is 0. The molecule has 2 rings (SSSR count). The maximum atomic E-state index is 13.5. The Labute approximate surface area is 113 Å². The van der Waals surface area contributed by atoms with Crippen LogP contribution in [0.2, 0.25) is 0 Å². The topological polar surface area (TPSA) is 21.3 Å². The van der Waals surface area contributed by atoms with E-state index in [1.807, 2.05) is 45.2 Å². The molecule has 0 heterocycles. The zero-order valence-electron chi connectivity index (χ0n) is 11.5. The van der Waals surface area contributed by atoms with Gasteiger partial charge in [0.05, 0.1) is 0 Å². The van der Waals surface area contributed by atoms with E-state index in [0.717, 1.165) is 22.4 Å². The van der Waals surface area contributed by atoms with Gasteiger partial charge in [0.25, 0.3) is 0 Å². The molecule has 2 nitrogen and oxygen atoms in total. The van der Waals surface area contributed by atoms with E-state index in [0.29, 0.717) is 12.3 Å². The lowest BCUT2D eigenvalue weighted by molar-refractivity contribution is 0.471. The summed E-state index contributed by atoms with van der Waals surface area (Å²) < 4.78 is 19.3. The molecule has 0 aliphatic rings. The minimum Gasteiger partial charge on any atom is -0.457 e. The van der Waals surface area contributed by atoms with Crippen LogP contribution in [0.25, 0.3) is 0 Å². The first-order valence-corrected chi connectivity index (χ1v) is 6.28. The molecular weight excluding hydrogens is 241 g/mol. The molecule has 0 amide bonds. The number of benzene rings is 2. The van der Waals surface area contributed by atoms with E-state index in [-0.39, 0.29) is 5.82 Å². The Morgan fingerprint density at radius 1 is 1.16 bits per heavy atom. The lowest BCUT2D eigenvalue weighted by Crippen LogP contribution is -2.05. The number of hydrogen-bond donors (Lipinski definition) is 1. The molecule has 0 unspecified atom stereocenters. The van der Waals surface area contributed by atoms with Crippen LogP contribution in [0.5, 0.6) is 11.5 Å². The highest BCUT2D eigenvalue weighted by atomic mass is 19.1. The average Bonchev–Trinajstić information content (AvgIpc) is 2.35. The van der Waals surface area contributed by atoms with Crippen molar-refractivity contribution in [3.63, 3.8) is 0 Å². The molecular formula is C16H18FNO. The smallest absolute Gasteiger partial charge is 0.130 e. The van der Waals surface area contributed by atoms with Crippen molar-refractivity contribution < 1.29 is 9.13 Å². The Morgan fingerprint density at radius 2 is 1.95 bits per heavy atom. The molecule has 0 aliphatic carbocycles. The Hall–Kier alpha value is -1.87. The van der Waals surface area contributed by atoms with Crippen LogP contribution >= 0.6 is 0 Å². The van der Waals surface area contributed by atoms with E-state index < -0.39 is 0 Å². The molecule has 2 aromatic carbocycles. The fraction of sp³-hybridized carbons (Fsp3) is 0.250. The second-order valence-electron chi connectivity index (χ2n) is 4.63. The maximum absolute atomic E-state index is 13.5. The molecule has 0 radical (unpaired) electrons. The van der Waals surface area contributed by atoms with Gasteiger partial charge in [-0.25, -0.2) is 4.39 Å². The third-order valence-corrected chi connectivity index (χ3v) is 3.09. The van der Waals surface area contributed by atoms with Crippen molar-refractivity contribution in [3.8, 4) is 11.5 Å². The molecule has 0 spiro atoms. The molecule has 2 aromatic rings. The summed E-state index contributed by atoms with van der Waals surface area (Å²) in [5.41, 5.74) is 3.09. The van der Waals surface area contributed by atoms with E-state index in [9.17, 15) is 4.39 Å². The molecule has 100 valence electrons. The monoisotopic (exact) mass is 259 g/mol. The number of ether oxygens (including phenoxy) is 1. The molecule has 0 aromatic heterocycles. The van der Waals surface area contributed by atoms with Crippen molar-refractivity contribution in [3.05, 3.63) is 58.9 Å². The van der Waals surface area contributed by atoms with Crippen molar-refractivity contribution in [1.82, 2.24) is 5.32 Å². The quantitative estimate of drug-likeness (QED) is 0.897. The lowest BCUT2D eigenvalue weighted by Gasteiger charge is -2.11. The van der Waals surface area contributed by atoms with Gasteiger partial charge in [0, 0.05) is 12.6 Å². The normalized spacial score (nSPS) is 10.5. The summed E-state index contributed by atoms with van der Waals surface area (Å²) >= 11 is 0. The van der Waals surface area contributed by atoms with Crippen LogP contribution < -0.4 is 10.1 Å². The molecule has 3 heteroatoms. The van der Waals surface area contributed by atoms with E-state index in [2.05, 4.69) is 5.32 Å². The summed E-state index contributed by atoms with van der Waals surface area (Å²) in [6.07, 6.45) is 0. The fourth-order valence-electron chi connectivity index (χ4n) is 1.95. The van der Waals surface area contributed by atoms with E-state index in [4.69, 9.17) is 4.74 Å². The summed E-state index contributed by atoms with van der Waals surface area (Å²) in [6, 6.07) is 10.6. The number of hydrogen-bond acceptors (Lipinski definition) is 2. The van der Waals surface area contributed by atoms with Crippen LogP contribution in [-0.4, -0.2) is 7.05 Å². The van der Waals surface area contributed by atoms with Crippen molar-refractivity contribution in [1.29, 1.82) is 0 Å². The van der Waals surface area contributed by atoms with E-state index in [1.165, 1.54) is 12.1 Å². The van der Waals surface area contributed by atoms with Gasteiger partial charge in [-0.05, 0) is 55.8 Å². The number of nitrogens with one attached hydrogen (secondary N) is 1. The summed E-state index contributed by atoms with van der Waals surface area (Å²) in [5.74, 6) is 1.01. The highest BCUT2D eigenvalue weighted by molar-refractivity contribution is 5.42. The molecule has 0 saturated heterocycles. The molecule has 0 saturated carbocycles. The first-order chi connectivity index (χ1) is 9.10. The van der Waals surface area contributed by atoms with Crippen LogP contribution in [0.4, 0.5) is 4.39 Å². The van der Waals surface area contributed by atoms with Gasteiger partial charge >= 0.3 is 0 Å². The molecule has 0 fully saturated rings. The first kappa shape index (κ1) is 13.6. The van der Waals surface area contributed by atoms with Crippen LogP contribution in [0.1, 0.15) is 16.7 Å². The second kappa shape index (κ2) is 5.85. The zero-order valence-corrected chi connectivity index (χ0v) is 11.5. The Kier molecular flexibility index (Phi) is 4.17. The van der Waals surface area contributed by atoms with E-state index in [1.54, 1.807) is 0 Å². The van der Waals surface area contributed by atoms with Gasteiger partial charge in [0.1, 0.15) is 17.3 Å². The predicted octanol–water partition coefficient (Wildman–Crippen LogP) is 3.95. The Morgan fingerprint density at radius 3 is 2.68 bits per heavy atom. The van der Waals surface area contributed by atoms with Crippen LogP contribution in [0.3, 0.4) is 0 Å². The SMILES string of the molecule is CNCc1cc(F)cc(Oc2cccc(C)c2C)c1. The Bertz CT molecular complexity index is 581. The molecule has 0 bridgehead atoms. The number of aryl methyl sites for hydroxylation is 1. The van der Waals surface area contributed by atoms with Crippen LogP contribution in [0.15, 0.2) is 36.4 Å². The van der Waals surface area contributed by atoms with Gasteiger partial charge in [-0.1, -0.05) is 12.1 Å². The van der Waals surface area contributed by atoms with E-state index >= 15 is 0 Å². The third kappa shape index (κ3) is 3.32. The van der Waals surface area contributed by atoms with Crippen molar-refractivity contribution in [2.75, 3.05) is 7.05 Å². The highest BCUT2D eigenvalue weighted by Crippen LogP contribution is 2.28. The molecule has 0 aliphatic heterocycles. The van der Waals surface area contributed by atoms with Crippen LogP contribution in [-0.2, 0) is 6.54 Å². The van der Waals surface area contributed by atoms with Gasteiger partial charge < -0.3 is 10.1 Å². The van der Waals surface area contributed by atoms with Crippen molar-refractivity contribution in [2.45, 2.75) is 20.4 Å². The van der Waals surface area contributed by atoms with Gasteiger partial charge in [-0.2, -0.15) is 0 Å². The largest absolute Gasteiger partial charge is 0.457 e. The van der Waals surface area contributed by atoms with Gasteiger partial charge in [0.2, 0.25) is 0 Å². The summed E-state index contributed by atoms with van der Waals surface area (Å²) in [7, 11) is 1.83. The fourth-order valence-corrected chi connectivity index (χ4v) is 1.95. The summed E-state index contributed by atoms with van der Waals surface area (Å²) in [6.45, 7) is 4.64. The second-order valence-corrected chi connectivity index (χ2v) is 4.63. The van der Waals surface area contributed by atoms with Gasteiger partial charge in [-0.15, -0.1) is 0 Å². The number of halogens is 1. The zero-order chi connectivity index (χ0) is 13.8. The standard InChI is InChI=1S/C16H18FNO/c1-11-5-4-6-16(12(11)2)19-15-8-13(10-18-3)7-14(17)9-15/h4-9,18H,10H2,1-3H3. The minimum atomic E-state index is -0.284. The summed E-state index contributed by atoms with van der Waals surface area (Å²) in [5, 5.41) is 3.00. The third-order valence-electron chi connectivity index (χ3n) is 3.09. The Balaban J connectivity index is 2.30. The molecule has 1 N–H and O–H groups in total. The minimum absolute atomic E-state index is 0.284. The van der Waals surface area contributed by atoms with Crippen molar-refractivity contribution >= 4 is 0 Å². The average molecular weight is 259 g/mol. The first-order valence-electron chi connectivity index (χ1n) is 6.28. The maximum Gasteiger partial charge on any atom is 0.130 e. The molecule has 0 atom stereocenters. The highest BCUT2D eigenvalue weighted by Gasteiger charge is 2.06. The number of rotatable bonds is 4. The van der Waals surface area contributed by atoms with Gasteiger partial charge in [-0.3, -0.25) is 0 Å².